The fourth-order valence-electron chi connectivity index (χ4n) is 3.51. The molecule has 4 rings (SSSR count). The molecule has 0 saturated heterocycles. The molecule has 0 radical (unpaired) electrons. The SMILES string of the molecule is COc1cc(C(=O)NCCN(C)C)ccc1Nc1nccc(Oc2ccc(N)c3ccccc23)n1. The highest BCUT2D eigenvalue weighted by atomic mass is 16.5. The Morgan fingerprint density at radius 2 is 1.83 bits per heavy atom. The second-order valence-corrected chi connectivity index (χ2v) is 8.12. The van der Waals surface area contributed by atoms with E-state index in [0.29, 0.717) is 46.8 Å². The van der Waals surface area contributed by atoms with Crippen LogP contribution in [0, 0.1) is 0 Å². The van der Waals surface area contributed by atoms with Crippen molar-refractivity contribution in [2.24, 2.45) is 0 Å². The van der Waals surface area contributed by atoms with Gasteiger partial charge >= 0.3 is 0 Å². The molecule has 9 nitrogen and oxygen atoms in total. The van der Waals surface area contributed by atoms with Crippen molar-refractivity contribution in [2.45, 2.75) is 0 Å². The number of benzene rings is 3. The van der Waals surface area contributed by atoms with Crippen LogP contribution in [0.2, 0.25) is 0 Å². The molecule has 1 amide bonds. The van der Waals surface area contributed by atoms with Gasteiger partial charge in [0, 0.05) is 47.4 Å². The molecule has 0 aliphatic carbocycles. The molecule has 0 aliphatic heterocycles. The summed E-state index contributed by atoms with van der Waals surface area (Å²) in [4.78, 5) is 23.2. The van der Waals surface area contributed by atoms with Crippen LogP contribution in [-0.4, -0.2) is 55.1 Å². The standard InChI is InChI=1S/C26H28N6O3/c1-32(2)15-14-28-25(33)17-8-10-21(23(16-17)34-3)30-26-29-13-12-24(31-26)35-22-11-9-20(27)18-6-4-5-7-19(18)22/h4-13,16H,14-15,27H2,1-3H3,(H,28,33)(H,29,30,31). The number of aromatic nitrogens is 2. The number of rotatable bonds is 9. The number of ether oxygens (including phenoxy) is 2. The summed E-state index contributed by atoms with van der Waals surface area (Å²) in [6.07, 6.45) is 1.60. The lowest BCUT2D eigenvalue weighted by Crippen LogP contribution is -2.31. The van der Waals surface area contributed by atoms with E-state index in [4.69, 9.17) is 15.2 Å². The molecule has 1 aromatic heterocycles. The number of hydrogen-bond acceptors (Lipinski definition) is 8. The summed E-state index contributed by atoms with van der Waals surface area (Å²) in [7, 11) is 5.45. The van der Waals surface area contributed by atoms with Crippen molar-refractivity contribution >= 4 is 34.0 Å². The van der Waals surface area contributed by atoms with Crippen LogP contribution in [0.5, 0.6) is 17.4 Å². The van der Waals surface area contributed by atoms with Gasteiger partial charge in [-0.05, 0) is 44.4 Å². The van der Waals surface area contributed by atoms with Crippen LogP contribution in [0.25, 0.3) is 10.8 Å². The Balaban J connectivity index is 1.51. The van der Waals surface area contributed by atoms with Gasteiger partial charge in [-0.1, -0.05) is 24.3 Å². The van der Waals surface area contributed by atoms with Gasteiger partial charge in [-0.15, -0.1) is 0 Å². The van der Waals surface area contributed by atoms with Gasteiger partial charge in [0.25, 0.3) is 5.91 Å². The Bertz CT molecular complexity index is 1340. The minimum atomic E-state index is -0.168. The van der Waals surface area contributed by atoms with E-state index in [0.717, 1.165) is 17.3 Å². The molecule has 4 aromatic rings. The van der Waals surface area contributed by atoms with Gasteiger partial charge in [-0.25, -0.2) is 4.98 Å². The van der Waals surface area contributed by atoms with E-state index >= 15 is 0 Å². The van der Waals surface area contributed by atoms with Crippen LogP contribution in [-0.2, 0) is 0 Å². The fraction of sp³-hybridized carbons (Fsp3) is 0.192. The maximum absolute atomic E-state index is 12.4. The predicted molar refractivity (Wildman–Crippen MR) is 138 cm³/mol. The van der Waals surface area contributed by atoms with E-state index in [2.05, 4.69) is 20.6 Å². The number of amides is 1. The molecule has 0 fully saturated rings. The molecule has 4 N–H and O–H groups in total. The van der Waals surface area contributed by atoms with Gasteiger partial charge in [0.2, 0.25) is 11.8 Å². The molecule has 0 saturated carbocycles. The van der Waals surface area contributed by atoms with Gasteiger partial charge in [-0.3, -0.25) is 4.79 Å². The zero-order valence-corrected chi connectivity index (χ0v) is 19.9. The van der Waals surface area contributed by atoms with E-state index < -0.39 is 0 Å². The summed E-state index contributed by atoms with van der Waals surface area (Å²) in [5.74, 6) is 1.66. The normalized spacial score (nSPS) is 10.9. The van der Waals surface area contributed by atoms with Gasteiger partial charge < -0.3 is 30.7 Å². The summed E-state index contributed by atoms with van der Waals surface area (Å²) in [6.45, 7) is 1.31. The first-order chi connectivity index (χ1) is 16.9. The molecule has 35 heavy (non-hydrogen) atoms. The number of carbonyl (C=O) groups is 1. The quantitative estimate of drug-likeness (QED) is 0.313. The number of nitrogens with zero attached hydrogens (tertiary/aromatic N) is 3. The lowest BCUT2D eigenvalue weighted by Gasteiger charge is -2.14. The Kier molecular flexibility index (Phi) is 7.27. The van der Waals surface area contributed by atoms with Crippen LogP contribution in [0.1, 0.15) is 10.4 Å². The Morgan fingerprint density at radius 1 is 1.03 bits per heavy atom. The van der Waals surface area contributed by atoms with Crippen molar-refractivity contribution in [2.75, 3.05) is 45.3 Å². The van der Waals surface area contributed by atoms with Crippen LogP contribution >= 0.6 is 0 Å². The van der Waals surface area contributed by atoms with Crippen molar-refractivity contribution in [1.29, 1.82) is 0 Å². The summed E-state index contributed by atoms with van der Waals surface area (Å²) >= 11 is 0. The topological polar surface area (TPSA) is 115 Å². The second kappa shape index (κ2) is 10.7. The van der Waals surface area contributed by atoms with Gasteiger partial charge in [-0.2, -0.15) is 4.98 Å². The van der Waals surface area contributed by atoms with Gasteiger partial charge in [0.05, 0.1) is 12.8 Å². The number of fused-ring (bicyclic) bond motifs is 1. The molecule has 180 valence electrons. The first kappa shape index (κ1) is 23.8. The second-order valence-electron chi connectivity index (χ2n) is 8.12. The van der Waals surface area contributed by atoms with Crippen LogP contribution in [0.4, 0.5) is 17.3 Å². The first-order valence-electron chi connectivity index (χ1n) is 11.1. The third-order valence-electron chi connectivity index (χ3n) is 5.32. The summed E-state index contributed by atoms with van der Waals surface area (Å²) < 4.78 is 11.5. The summed E-state index contributed by atoms with van der Waals surface area (Å²) in [6, 6.07) is 18.2. The first-order valence-corrected chi connectivity index (χ1v) is 11.1. The monoisotopic (exact) mass is 472 g/mol. The van der Waals surface area contributed by atoms with Crippen LogP contribution < -0.4 is 25.8 Å². The van der Waals surface area contributed by atoms with Crippen LogP contribution in [0.3, 0.4) is 0 Å². The molecule has 0 unspecified atom stereocenters. The zero-order valence-electron chi connectivity index (χ0n) is 19.9. The number of carbonyl (C=O) groups excluding carboxylic acids is 1. The maximum Gasteiger partial charge on any atom is 0.251 e. The molecule has 0 spiro atoms. The number of likely N-dealkylation sites (N-methyl/N-ethyl adjacent to an activating group) is 1. The lowest BCUT2D eigenvalue weighted by molar-refractivity contribution is 0.0950. The molecule has 0 atom stereocenters. The minimum Gasteiger partial charge on any atom is -0.495 e. The molecular weight excluding hydrogens is 444 g/mol. The Labute approximate surface area is 203 Å². The molecule has 0 bridgehead atoms. The average Bonchev–Trinajstić information content (AvgIpc) is 2.86. The van der Waals surface area contributed by atoms with E-state index in [1.807, 2.05) is 49.3 Å². The molecule has 0 aliphatic rings. The minimum absolute atomic E-state index is 0.168. The number of hydrogen-bond donors (Lipinski definition) is 3. The number of nitrogen functional groups attached to an aromatic ring is 1. The Morgan fingerprint density at radius 3 is 2.60 bits per heavy atom. The number of anilines is 3. The molecular formula is C26H28N6O3. The highest BCUT2D eigenvalue weighted by molar-refractivity contribution is 5.97. The highest BCUT2D eigenvalue weighted by Gasteiger charge is 2.12. The van der Waals surface area contributed by atoms with Crippen molar-refractivity contribution < 1.29 is 14.3 Å². The van der Waals surface area contributed by atoms with E-state index in [-0.39, 0.29) is 5.91 Å². The summed E-state index contributed by atoms with van der Waals surface area (Å²) in [5, 5.41) is 7.83. The third kappa shape index (κ3) is 5.77. The van der Waals surface area contributed by atoms with Crippen molar-refractivity contribution in [1.82, 2.24) is 20.2 Å². The van der Waals surface area contributed by atoms with E-state index in [1.54, 1.807) is 43.6 Å². The highest BCUT2D eigenvalue weighted by Crippen LogP contribution is 2.33. The molecule has 9 heteroatoms. The Hall–Kier alpha value is -4.37. The molecule has 1 heterocycles. The smallest absolute Gasteiger partial charge is 0.251 e. The van der Waals surface area contributed by atoms with E-state index in [1.165, 1.54) is 0 Å². The number of nitrogens with two attached hydrogens (primary N) is 1. The lowest BCUT2D eigenvalue weighted by atomic mass is 10.1. The van der Waals surface area contributed by atoms with Crippen LogP contribution in [0.15, 0.2) is 66.9 Å². The van der Waals surface area contributed by atoms with Gasteiger partial charge in [0.15, 0.2) is 0 Å². The maximum atomic E-state index is 12.4. The van der Waals surface area contributed by atoms with E-state index in [9.17, 15) is 4.79 Å². The number of nitrogens with one attached hydrogen (secondary N) is 2. The average molecular weight is 473 g/mol. The van der Waals surface area contributed by atoms with Gasteiger partial charge in [0.1, 0.15) is 11.5 Å². The van der Waals surface area contributed by atoms with Crippen molar-refractivity contribution in [3.05, 3.63) is 72.4 Å². The largest absolute Gasteiger partial charge is 0.495 e. The molecule has 3 aromatic carbocycles. The summed E-state index contributed by atoms with van der Waals surface area (Å²) in [5.41, 5.74) is 7.89. The zero-order chi connectivity index (χ0) is 24.8. The van der Waals surface area contributed by atoms with Crippen molar-refractivity contribution in [3.8, 4) is 17.4 Å². The fourth-order valence-corrected chi connectivity index (χ4v) is 3.51. The van der Waals surface area contributed by atoms with Crippen molar-refractivity contribution in [3.63, 3.8) is 0 Å². The third-order valence-corrected chi connectivity index (χ3v) is 5.32. The number of methoxy groups -OCH3 is 1. The predicted octanol–water partition coefficient (Wildman–Crippen LogP) is 4.05.